The van der Waals surface area contributed by atoms with E-state index < -0.39 is 24.0 Å². The molecule has 1 aromatic heterocycles. The van der Waals surface area contributed by atoms with Gasteiger partial charge in [0, 0.05) is 5.92 Å². The first kappa shape index (κ1) is 22.1. The van der Waals surface area contributed by atoms with Crippen molar-refractivity contribution in [3.63, 3.8) is 0 Å². The Labute approximate surface area is 190 Å². The van der Waals surface area contributed by atoms with Crippen molar-refractivity contribution in [2.45, 2.75) is 31.8 Å². The molecule has 8 heteroatoms. The average Bonchev–Trinajstić information content (AvgIpc) is 3.42. The van der Waals surface area contributed by atoms with E-state index in [0.29, 0.717) is 5.76 Å². The molecule has 0 fully saturated rings. The van der Waals surface area contributed by atoms with Gasteiger partial charge in [0.05, 0.1) is 6.54 Å². The van der Waals surface area contributed by atoms with Crippen LogP contribution in [0.4, 0.5) is 4.79 Å². The predicted octanol–water partition coefficient (Wildman–Crippen LogP) is 3.91. The fraction of sp³-hybridized carbons (Fsp3) is 0.240. The van der Waals surface area contributed by atoms with Crippen molar-refractivity contribution >= 4 is 18.0 Å². The lowest BCUT2D eigenvalue weighted by molar-refractivity contribution is -0.139. The molecule has 8 nitrogen and oxygen atoms in total. The molecule has 1 unspecified atom stereocenters. The number of alkyl carbamates (subject to hydrolysis) is 1. The number of aliphatic carboxylic acids is 1. The number of carbonyl (C=O) groups excluding carboxylic acids is 2. The summed E-state index contributed by atoms with van der Waals surface area (Å²) in [5.74, 6) is -1.47. The van der Waals surface area contributed by atoms with Gasteiger partial charge in [-0.3, -0.25) is 4.79 Å². The molecular formula is C25H24N2O6. The molecule has 0 saturated carbocycles. The number of benzene rings is 2. The fourth-order valence-corrected chi connectivity index (χ4v) is 3.97. The SMILES string of the molecule is CCC(NC(=O)c1ccc(CNC(=O)OCC2c3ccccc3-c3ccccc32)o1)C(=O)O. The Balaban J connectivity index is 1.31. The highest BCUT2D eigenvalue weighted by atomic mass is 16.5. The van der Waals surface area contributed by atoms with Crippen LogP contribution in [0, 0.1) is 0 Å². The highest BCUT2D eigenvalue weighted by molar-refractivity contribution is 5.94. The number of amides is 2. The van der Waals surface area contributed by atoms with Gasteiger partial charge in [-0.05, 0) is 40.8 Å². The van der Waals surface area contributed by atoms with E-state index in [1.54, 1.807) is 13.0 Å². The number of carbonyl (C=O) groups is 3. The molecule has 3 N–H and O–H groups in total. The summed E-state index contributed by atoms with van der Waals surface area (Å²) in [7, 11) is 0. The highest BCUT2D eigenvalue weighted by Gasteiger charge is 2.29. The van der Waals surface area contributed by atoms with Crippen molar-refractivity contribution in [3.8, 4) is 11.1 Å². The Morgan fingerprint density at radius 3 is 2.24 bits per heavy atom. The highest BCUT2D eigenvalue weighted by Crippen LogP contribution is 2.44. The number of carboxylic acids is 1. The molecular weight excluding hydrogens is 424 g/mol. The van der Waals surface area contributed by atoms with E-state index in [-0.39, 0.29) is 31.3 Å². The van der Waals surface area contributed by atoms with E-state index in [2.05, 4.69) is 22.8 Å². The van der Waals surface area contributed by atoms with E-state index in [0.717, 1.165) is 22.3 Å². The number of hydrogen-bond donors (Lipinski definition) is 3. The smallest absolute Gasteiger partial charge is 0.407 e. The summed E-state index contributed by atoms with van der Waals surface area (Å²) in [6.07, 6.45) is -0.353. The van der Waals surface area contributed by atoms with Crippen LogP contribution in [0.3, 0.4) is 0 Å². The third-order valence-electron chi connectivity index (χ3n) is 5.65. The Hall–Kier alpha value is -4.07. The van der Waals surface area contributed by atoms with Gasteiger partial charge in [0.2, 0.25) is 0 Å². The molecule has 2 aromatic carbocycles. The van der Waals surface area contributed by atoms with Crippen LogP contribution >= 0.6 is 0 Å². The zero-order valence-electron chi connectivity index (χ0n) is 18.0. The second-order valence-corrected chi connectivity index (χ2v) is 7.72. The van der Waals surface area contributed by atoms with Gasteiger partial charge in [-0.25, -0.2) is 9.59 Å². The molecule has 0 aliphatic heterocycles. The first-order valence-corrected chi connectivity index (χ1v) is 10.7. The van der Waals surface area contributed by atoms with Crippen molar-refractivity contribution in [1.82, 2.24) is 10.6 Å². The van der Waals surface area contributed by atoms with Gasteiger partial charge in [-0.15, -0.1) is 0 Å². The number of furan rings is 1. The van der Waals surface area contributed by atoms with Crippen LogP contribution in [0.2, 0.25) is 0 Å². The lowest BCUT2D eigenvalue weighted by Crippen LogP contribution is -2.40. The summed E-state index contributed by atoms with van der Waals surface area (Å²) in [4.78, 5) is 35.5. The maximum absolute atomic E-state index is 12.3. The normalized spacial score (nSPS) is 13.0. The molecule has 1 heterocycles. The number of fused-ring (bicyclic) bond motifs is 3. The van der Waals surface area contributed by atoms with Crippen LogP contribution < -0.4 is 10.6 Å². The molecule has 0 bridgehead atoms. The predicted molar refractivity (Wildman–Crippen MR) is 120 cm³/mol. The maximum Gasteiger partial charge on any atom is 0.407 e. The molecule has 170 valence electrons. The largest absolute Gasteiger partial charge is 0.480 e. The summed E-state index contributed by atoms with van der Waals surface area (Å²) in [5.41, 5.74) is 4.55. The van der Waals surface area contributed by atoms with Gasteiger partial charge in [0.15, 0.2) is 5.76 Å². The van der Waals surface area contributed by atoms with Crippen molar-refractivity contribution in [2.75, 3.05) is 6.61 Å². The standard InChI is InChI=1S/C25H24N2O6/c1-2-21(24(29)30)27-23(28)22-12-11-15(33-22)13-26-25(31)32-14-20-18-9-5-3-7-16(18)17-8-4-6-10-19(17)20/h3-12,20-21H,2,13-14H2,1H3,(H,26,31)(H,27,28)(H,29,30). The number of nitrogens with one attached hydrogen (secondary N) is 2. The van der Waals surface area contributed by atoms with Crippen LogP contribution in [0.15, 0.2) is 65.1 Å². The van der Waals surface area contributed by atoms with Gasteiger partial charge in [0.1, 0.15) is 18.4 Å². The minimum absolute atomic E-state index is 0.0279. The average molecular weight is 448 g/mol. The number of hydrogen-bond acceptors (Lipinski definition) is 5. The summed E-state index contributed by atoms with van der Waals surface area (Å²) in [6, 6.07) is 18.1. The van der Waals surface area contributed by atoms with E-state index in [4.69, 9.17) is 14.3 Å². The molecule has 33 heavy (non-hydrogen) atoms. The van der Waals surface area contributed by atoms with Crippen molar-refractivity contribution in [2.24, 2.45) is 0 Å². The summed E-state index contributed by atoms with van der Waals surface area (Å²) in [6.45, 7) is 1.88. The lowest BCUT2D eigenvalue weighted by atomic mass is 9.98. The van der Waals surface area contributed by atoms with Crippen LogP contribution in [0.5, 0.6) is 0 Å². The van der Waals surface area contributed by atoms with Gasteiger partial charge in [-0.2, -0.15) is 0 Å². The van der Waals surface area contributed by atoms with Gasteiger partial charge < -0.3 is 24.9 Å². The molecule has 1 atom stereocenters. The monoisotopic (exact) mass is 448 g/mol. The number of ether oxygens (including phenoxy) is 1. The zero-order valence-corrected chi connectivity index (χ0v) is 18.0. The molecule has 1 aliphatic rings. The van der Waals surface area contributed by atoms with Crippen LogP contribution in [-0.2, 0) is 16.1 Å². The van der Waals surface area contributed by atoms with Crippen molar-refractivity contribution < 1.29 is 28.6 Å². The molecule has 0 radical (unpaired) electrons. The molecule has 3 aromatic rings. The van der Waals surface area contributed by atoms with Gasteiger partial charge in [-0.1, -0.05) is 55.5 Å². The minimum atomic E-state index is -1.12. The first-order chi connectivity index (χ1) is 16.0. The van der Waals surface area contributed by atoms with Crippen molar-refractivity contribution in [3.05, 3.63) is 83.3 Å². The minimum Gasteiger partial charge on any atom is -0.480 e. The van der Waals surface area contributed by atoms with E-state index in [1.807, 2.05) is 36.4 Å². The molecule has 4 rings (SSSR count). The maximum atomic E-state index is 12.3. The lowest BCUT2D eigenvalue weighted by Gasteiger charge is -2.14. The third kappa shape index (κ3) is 4.74. The zero-order chi connectivity index (χ0) is 23.4. The van der Waals surface area contributed by atoms with Crippen LogP contribution in [-0.4, -0.2) is 35.7 Å². The Morgan fingerprint density at radius 1 is 1.00 bits per heavy atom. The third-order valence-corrected chi connectivity index (χ3v) is 5.65. The molecule has 1 aliphatic carbocycles. The first-order valence-electron chi connectivity index (χ1n) is 10.7. The van der Waals surface area contributed by atoms with Crippen molar-refractivity contribution in [1.29, 1.82) is 0 Å². The summed E-state index contributed by atoms with van der Waals surface area (Å²) in [5, 5.41) is 14.0. The Kier molecular flexibility index (Phi) is 6.44. The fourth-order valence-electron chi connectivity index (χ4n) is 3.97. The van der Waals surface area contributed by atoms with Crippen LogP contribution in [0.1, 0.15) is 46.7 Å². The second kappa shape index (κ2) is 9.60. The van der Waals surface area contributed by atoms with E-state index in [9.17, 15) is 14.4 Å². The number of carboxylic acid groups (broad SMARTS) is 1. The Morgan fingerprint density at radius 2 is 1.64 bits per heavy atom. The molecule has 0 saturated heterocycles. The topological polar surface area (TPSA) is 118 Å². The van der Waals surface area contributed by atoms with Gasteiger partial charge in [0.25, 0.3) is 5.91 Å². The second-order valence-electron chi connectivity index (χ2n) is 7.72. The van der Waals surface area contributed by atoms with E-state index in [1.165, 1.54) is 6.07 Å². The Bertz CT molecular complexity index is 1140. The summed E-state index contributed by atoms with van der Waals surface area (Å²) >= 11 is 0. The summed E-state index contributed by atoms with van der Waals surface area (Å²) < 4.78 is 10.9. The number of rotatable bonds is 8. The molecule has 0 spiro atoms. The van der Waals surface area contributed by atoms with Crippen LogP contribution in [0.25, 0.3) is 11.1 Å². The van der Waals surface area contributed by atoms with E-state index >= 15 is 0 Å². The quantitative estimate of drug-likeness (QED) is 0.481. The van der Waals surface area contributed by atoms with Gasteiger partial charge >= 0.3 is 12.1 Å². The molecule has 2 amide bonds.